The van der Waals surface area contributed by atoms with Gasteiger partial charge in [0, 0.05) is 5.02 Å². The average Bonchev–Trinajstić information content (AvgIpc) is 2.94. The molecule has 24 heavy (non-hydrogen) atoms. The van der Waals surface area contributed by atoms with E-state index >= 15 is 0 Å². The normalized spacial score (nSPS) is 13.3. The molecule has 1 aromatic heterocycles. The van der Waals surface area contributed by atoms with Crippen LogP contribution in [0.4, 0.5) is 0 Å². The van der Waals surface area contributed by atoms with Crippen molar-refractivity contribution in [2.24, 2.45) is 5.92 Å². The third-order valence-corrected chi connectivity index (χ3v) is 4.34. The highest BCUT2D eigenvalue weighted by Crippen LogP contribution is 2.17. The molecule has 0 saturated carbocycles. The molecular weight excluding hydrogens is 330 g/mol. The fourth-order valence-corrected chi connectivity index (χ4v) is 2.50. The second-order valence-electron chi connectivity index (χ2n) is 5.71. The second kappa shape index (κ2) is 7.49. The summed E-state index contributed by atoms with van der Waals surface area (Å²) in [5, 5.41) is 16.7. The summed E-state index contributed by atoms with van der Waals surface area (Å²) in [4.78, 5) is 23.8. The number of carboxylic acid groups (broad SMARTS) is 1. The first-order valence-electron chi connectivity index (χ1n) is 7.69. The Hall–Kier alpha value is -2.34. The van der Waals surface area contributed by atoms with E-state index in [1.165, 1.54) is 6.20 Å². The number of carbonyl (C=O) groups excluding carboxylic acids is 1. The zero-order valence-corrected chi connectivity index (χ0v) is 14.5. The molecule has 1 aromatic carbocycles. The molecule has 0 bridgehead atoms. The highest BCUT2D eigenvalue weighted by atomic mass is 35.5. The molecule has 0 radical (unpaired) electrons. The van der Waals surface area contributed by atoms with E-state index in [9.17, 15) is 14.7 Å². The highest BCUT2D eigenvalue weighted by molar-refractivity contribution is 6.30. The molecule has 0 aliphatic heterocycles. The van der Waals surface area contributed by atoms with E-state index in [1.54, 1.807) is 42.8 Å². The third kappa shape index (κ3) is 3.76. The maximum Gasteiger partial charge on any atom is 0.326 e. The van der Waals surface area contributed by atoms with Crippen molar-refractivity contribution in [3.63, 3.8) is 0 Å². The number of halogens is 1. The maximum atomic E-state index is 12.5. The number of nitrogens with one attached hydrogen (secondary N) is 1. The summed E-state index contributed by atoms with van der Waals surface area (Å²) in [6.45, 7) is 5.44. The Labute approximate surface area is 145 Å². The molecule has 0 saturated heterocycles. The van der Waals surface area contributed by atoms with Crippen molar-refractivity contribution in [3.05, 3.63) is 46.7 Å². The lowest BCUT2D eigenvalue weighted by molar-refractivity contribution is -0.140. The number of rotatable bonds is 6. The summed E-state index contributed by atoms with van der Waals surface area (Å²) in [5.41, 5.74) is 1.75. The molecule has 2 rings (SSSR count). The SMILES string of the molecule is CCC(C)C(NC(=O)c1cnn(-c2ccc(Cl)cc2)c1C)C(=O)O. The van der Waals surface area contributed by atoms with E-state index in [1.807, 2.05) is 6.92 Å². The number of nitrogens with zero attached hydrogens (tertiary/aromatic N) is 2. The van der Waals surface area contributed by atoms with Gasteiger partial charge in [-0.15, -0.1) is 0 Å². The average molecular weight is 350 g/mol. The predicted octanol–water partition coefficient (Wildman–Crippen LogP) is 3.06. The number of hydrogen-bond acceptors (Lipinski definition) is 3. The van der Waals surface area contributed by atoms with E-state index in [4.69, 9.17) is 11.6 Å². The van der Waals surface area contributed by atoms with Gasteiger partial charge in [-0.2, -0.15) is 5.10 Å². The van der Waals surface area contributed by atoms with Crippen molar-refractivity contribution < 1.29 is 14.7 Å². The lowest BCUT2D eigenvalue weighted by Crippen LogP contribution is -2.45. The standard InChI is InChI=1S/C17H20ClN3O3/c1-4-10(2)15(17(23)24)20-16(22)14-9-19-21(11(14)3)13-7-5-12(18)6-8-13/h5-10,15H,4H2,1-3H3,(H,20,22)(H,23,24). The van der Waals surface area contributed by atoms with Crippen molar-refractivity contribution in [2.75, 3.05) is 0 Å². The fourth-order valence-electron chi connectivity index (χ4n) is 2.38. The fraction of sp³-hybridized carbons (Fsp3) is 0.353. The zero-order chi connectivity index (χ0) is 17.9. The van der Waals surface area contributed by atoms with Crippen molar-refractivity contribution in [1.82, 2.24) is 15.1 Å². The predicted molar refractivity (Wildman–Crippen MR) is 91.7 cm³/mol. The number of aromatic nitrogens is 2. The van der Waals surface area contributed by atoms with Crippen LogP contribution in [0.5, 0.6) is 0 Å². The molecule has 128 valence electrons. The van der Waals surface area contributed by atoms with Gasteiger partial charge >= 0.3 is 5.97 Å². The van der Waals surface area contributed by atoms with Crippen molar-refractivity contribution in [1.29, 1.82) is 0 Å². The van der Waals surface area contributed by atoms with Crippen molar-refractivity contribution in [3.8, 4) is 5.69 Å². The highest BCUT2D eigenvalue weighted by Gasteiger charge is 2.27. The minimum absolute atomic E-state index is 0.168. The summed E-state index contributed by atoms with van der Waals surface area (Å²) < 4.78 is 1.62. The number of aliphatic carboxylic acids is 1. The largest absolute Gasteiger partial charge is 0.480 e. The Kier molecular flexibility index (Phi) is 5.62. The Balaban J connectivity index is 2.25. The van der Waals surface area contributed by atoms with Crippen LogP contribution in [0.3, 0.4) is 0 Å². The Bertz CT molecular complexity index is 740. The number of carboxylic acids is 1. The number of carbonyl (C=O) groups is 2. The van der Waals surface area contributed by atoms with Crippen molar-refractivity contribution in [2.45, 2.75) is 33.2 Å². The van der Waals surface area contributed by atoms with Crippen LogP contribution in [-0.2, 0) is 4.79 Å². The molecule has 2 N–H and O–H groups in total. The molecule has 6 nitrogen and oxygen atoms in total. The Morgan fingerprint density at radius 2 is 1.96 bits per heavy atom. The van der Waals surface area contributed by atoms with Crippen LogP contribution in [0.2, 0.25) is 5.02 Å². The summed E-state index contributed by atoms with van der Waals surface area (Å²) >= 11 is 5.88. The molecule has 2 atom stereocenters. The maximum absolute atomic E-state index is 12.5. The summed E-state index contributed by atoms with van der Waals surface area (Å²) in [6, 6.07) is 6.13. The molecule has 2 aromatic rings. The van der Waals surface area contributed by atoms with E-state index in [-0.39, 0.29) is 5.92 Å². The van der Waals surface area contributed by atoms with Gasteiger partial charge in [0.15, 0.2) is 0 Å². The monoisotopic (exact) mass is 349 g/mol. The lowest BCUT2D eigenvalue weighted by Gasteiger charge is -2.20. The van der Waals surface area contributed by atoms with Gasteiger partial charge in [-0.25, -0.2) is 9.48 Å². The quantitative estimate of drug-likeness (QED) is 0.839. The van der Waals surface area contributed by atoms with E-state index in [2.05, 4.69) is 10.4 Å². The summed E-state index contributed by atoms with van der Waals surface area (Å²) in [6.07, 6.45) is 2.09. The van der Waals surface area contributed by atoms with Crippen LogP contribution in [0.15, 0.2) is 30.5 Å². The van der Waals surface area contributed by atoms with Gasteiger partial charge in [-0.05, 0) is 37.1 Å². The van der Waals surface area contributed by atoms with Gasteiger partial charge in [-0.1, -0.05) is 31.9 Å². The molecule has 1 heterocycles. The number of amides is 1. The van der Waals surface area contributed by atoms with Crippen LogP contribution in [-0.4, -0.2) is 32.8 Å². The van der Waals surface area contributed by atoms with E-state index in [0.717, 1.165) is 5.69 Å². The van der Waals surface area contributed by atoms with Gasteiger partial charge < -0.3 is 10.4 Å². The molecule has 1 amide bonds. The van der Waals surface area contributed by atoms with Crippen LogP contribution in [0, 0.1) is 12.8 Å². The lowest BCUT2D eigenvalue weighted by atomic mass is 9.99. The minimum atomic E-state index is -1.04. The summed E-state index contributed by atoms with van der Waals surface area (Å²) in [5.74, 6) is -1.65. The van der Waals surface area contributed by atoms with Crippen LogP contribution in [0.1, 0.15) is 36.3 Å². The smallest absolute Gasteiger partial charge is 0.326 e. The van der Waals surface area contributed by atoms with Crippen LogP contribution >= 0.6 is 11.6 Å². The second-order valence-corrected chi connectivity index (χ2v) is 6.14. The third-order valence-electron chi connectivity index (χ3n) is 4.09. The van der Waals surface area contributed by atoms with Gasteiger partial charge in [0.05, 0.1) is 23.1 Å². The van der Waals surface area contributed by atoms with Gasteiger partial charge in [-0.3, -0.25) is 4.79 Å². The number of benzene rings is 1. The minimum Gasteiger partial charge on any atom is -0.480 e. The molecule has 0 spiro atoms. The zero-order valence-electron chi connectivity index (χ0n) is 13.8. The van der Waals surface area contributed by atoms with Crippen LogP contribution < -0.4 is 5.32 Å². The topological polar surface area (TPSA) is 84.2 Å². The summed E-state index contributed by atoms with van der Waals surface area (Å²) in [7, 11) is 0. The van der Waals surface area contributed by atoms with E-state index < -0.39 is 17.9 Å². The first-order chi connectivity index (χ1) is 11.3. The Morgan fingerprint density at radius 3 is 2.50 bits per heavy atom. The Morgan fingerprint density at radius 1 is 1.33 bits per heavy atom. The molecule has 7 heteroatoms. The molecule has 0 fully saturated rings. The first-order valence-corrected chi connectivity index (χ1v) is 8.07. The van der Waals surface area contributed by atoms with Gasteiger partial charge in [0.25, 0.3) is 5.91 Å². The molecular formula is C17H20ClN3O3. The first kappa shape index (κ1) is 18.0. The van der Waals surface area contributed by atoms with Crippen molar-refractivity contribution >= 4 is 23.5 Å². The van der Waals surface area contributed by atoms with Gasteiger partial charge in [0.2, 0.25) is 0 Å². The molecule has 2 unspecified atom stereocenters. The van der Waals surface area contributed by atoms with Crippen LogP contribution in [0.25, 0.3) is 5.69 Å². The van der Waals surface area contributed by atoms with Gasteiger partial charge in [0.1, 0.15) is 6.04 Å². The van der Waals surface area contributed by atoms with E-state index in [0.29, 0.717) is 22.7 Å². The number of hydrogen-bond donors (Lipinski definition) is 2. The molecule has 0 aliphatic carbocycles. The molecule has 0 aliphatic rings.